The van der Waals surface area contributed by atoms with Crippen molar-refractivity contribution >= 4 is 11.6 Å². The highest BCUT2D eigenvalue weighted by Crippen LogP contribution is 2.12. The maximum absolute atomic E-state index is 11.9. The van der Waals surface area contributed by atoms with Crippen LogP contribution >= 0.6 is 0 Å². The van der Waals surface area contributed by atoms with Crippen LogP contribution in [0.25, 0.3) is 0 Å². The SMILES string of the molecule is CCCCCCCCCC(=O)NN=C1CCN(Cc2ccccc2)CC1. The van der Waals surface area contributed by atoms with Crippen molar-refractivity contribution < 1.29 is 4.79 Å². The lowest BCUT2D eigenvalue weighted by atomic mass is 10.1. The molecule has 1 aromatic rings. The molecule has 0 aliphatic carbocycles. The maximum Gasteiger partial charge on any atom is 0.240 e. The van der Waals surface area contributed by atoms with Gasteiger partial charge < -0.3 is 0 Å². The van der Waals surface area contributed by atoms with Crippen LogP contribution in [0.3, 0.4) is 0 Å². The van der Waals surface area contributed by atoms with Crippen molar-refractivity contribution in [2.24, 2.45) is 5.10 Å². The number of hydrogen-bond acceptors (Lipinski definition) is 3. The van der Waals surface area contributed by atoms with Gasteiger partial charge in [-0.05, 0) is 12.0 Å². The molecule has 0 aromatic heterocycles. The first-order valence-corrected chi connectivity index (χ1v) is 10.4. The molecule has 0 bridgehead atoms. The van der Waals surface area contributed by atoms with Gasteiger partial charge in [0.15, 0.2) is 0 Å². The van der Waals surface area contributed by atoms with Gasteiger partial charge in [0.05, 0.1) is 0 Å². The number of rotatable bonds is 11. The lowest BCUT2D eigenvalue weighted by molar-refractivity contribution is -0.121. The summed E-state index contributed by atoms with van der Waals surface area (Å²) < 4.78 is 0. The Morgan fingerprint density at radius 3 is 2.35 bits per heavy atom. The van der Waals surface area contributed by atoms with E-state index in [1.54, 1.807) is 0 Å². The van der Waals surface area contributed by atoms with Crippen LogP contribution in [0.2, 0.25) is 0 Å². The molecule has 0 unspecified atom stereocenters. The Morgan fingerprint density at radius 1 is 1.00 bits per heavy atom. The van der Waals surface area contributed by atoms with Crippen LogP contribution in [0.15, 0.2) is 35.4 Å². The third-order valence-corrected chi connectivity index (χ3v) is 5.03. The fourth-order valence-corrected chi connectivity index (χ4v) is 3.36. The number of benzene rings is 1. The first-order chi connectivity index (χ1) is 12.8. The van der Waals surface area contributed by atoms with Crippen LogP contribution in [0.4, 0.5) is 0 Å². The van der Waals surface area contributed by atoms with Crippen molar-refractivity contribution in [2.75, 3.05) is 13.1 Å². The van der Waals surface area contributed by atoms with E-state index < -0.39 is 0 Å². The number of carbonyl (C=O) groups is 1. The highest BCUT2D eigenvalue weighted by atomic mass is 16.2. The van der Waals surface area contributed by atoms with Gasteiger partial charge in [0.25, 0.3) is 0 Å². The molecule has 4 nitrogen and oxygen atoms in total. The van der Waals surface area contributed by atoms with Crippen molar-refractivity contribution in [3.8, 4) is 0 Å². The number of likely N-dealkylation sites (tertiary alicyclic amines) is 1. The van der Waals surface area contributed by atoms with Gasteiger partial charge in [-0.15, -0.1) is 0 Å². The normalized spacial score (nSPS) is 15.0. The minimum Gasteiger partial charge on any atom is -0.298 e. The fraction of sp³-hybridized carbons (Fsp3) is 0.636. The molecule has 1 heterocycles. The molecule has 0 saturated carbocycles. The Labute approximate surface area is 159 Å². The molecule has 1 amide bonds. The smallest absolute Gasteiger partial charge is 0.240 e. The summed E-state index contributed by atoms with van der Waals surface area (Å²) in [5, 5.41) is 4.35. The molecule has 1 aromatic carbocycles. The average molecular weight is 358 g/mol. The molecule has 2 rings (SSSR count). The summed E-state index contributed by atoms with van der Waals surface area (Å²) in [5.41, 5.74) is 5.24. The van der Waals surface area contributed by atoms with Crippen molar-refractivity contribution in [1.82, 2.24) is 10.3 Å². The van der Waals surface area contributed by atoms with E-state index in [2.05, 4.69) is 52.7 Å². The minimum absolute atomic E-state index is 0.0674. The van der Waals surface area contributed by atoms with E-state index in [-0.39, 0.29) is 5.91 Å². The Morgan fingerprint density at radius 2 is 1.65 bits per heavy atom. The minimum atomic E-state index is 0.0674. The summed E-state index contributed by atoms with van der Waals surface area (Å²) in [4.78, 5) is 14.4. The third-order valence-electron chi connectivity index (χ3n) is 5.03. The maximum atomic E-state index is 11.9. The number of amides is 1. The number of carbonyl (C=O) groups excluding carboxylic acids is 1. The Bertz CT molecular complexity index is 532. The second kappa shape index (κ2) is 12.6. The van der Waals surface area contributed by atoms with E-state index in [0.717, 1.165) is 51.0 Å². The number of hydrazone groups is 1. The number of nitrogens with zero attached hydrogens (tertiary/aromatic N) is 2. The molecule has 0 spiro atoms. The van der Waals surface area contributed by atoms with E-state index in [1.165, 1.54) is 37.7 Å². The number of hydrogen-bond donors (Lipinski definition) is 1. The van der Waals surface area contributed by atoms with E-state index in [9.17, 15) is 4.79 Å². The molecular weight excluding hydrogens is 322 g/mol. The number of piperidine rings is 1. The van der Waals surface area contributed by atoms with Gasteiger partial charge in [-0.1, -0.05) is 75.8 Å². The Balaban J connectivity index is 1.54. The van der Waals surface area contributed by atoms with Gasteiger partial charge in [-0.25, -0.2) is 5.43 Å². The van der Waals surface area contributed by atoms with Crippen LogP contribution < -0.4 is 5.43 Å². The molecule has 0 radical (unpaired) electrons. The second-order valence-corrected chi connectivity index (χ2v) is 7.35. The Hall–Kier alpha value is -1.68. The van der Waals surface area contributed by atoms with E-state index in [4.69, 9.17) is 0 Å². The summed E-state index contributed by atoms with van der Waals surface area (Å²) in [7, 11) is 0. The van der Waals surface area contributed by atoms with Crippen LogP contribution in [-0.2, 0) is 11.3 Å². The number of nitrogens with one attached hydrogen (secondary N) is 1. The Kier molecular flexibility index (Phi) is 10.0. The predicted molar refractivity (Wildman–Crippen MR) is 109 cm³/mol. The lowest BCUT2D eigenvalue weighted by Crippen LogP contribution is -2.34. The van der Waals surface area contributed by atoms with E-state index >= 15 is 0 Å². The summed E-state index contributed by atoms with van der Waals surface area (Å²) in [6.07, 6.45) is 11.1. The zero-order valence-corrected chi connectivity index (χ0v) is 16.4. The van der Waals surface area contributed by atoms with Crippen molar-refractivity contribution in [3.05, 3.63) is 35.9 Å². The van der Waals surface area contributed by atoms with Crippen LogP contribution in [0.5, 0.6) is 0 Å². The largest absolute Gasteiger partial charge is 0.298 e. The van der Waals surface area contributed by atoms with Gasteiger partial charge in [0, 0.05) is 44.6 Å². The zero-order valence-electron chi connectivity index (χ0n) is 16.4. The molecule has 1 aliphatic heterocycles. The quantitative estimate of drug-likeness (QED) is 0.452. The monoisotopic (exact) mass is 357 g/mol. The standard InChI is InChI=1S/C22H35N3O/c1-2-3-4-5-6-7-11-14-22(26)24-23-21-15-17-25(18-16-21)19-20-12-9-8-10-13-20/h8-10,12-13H,2-7,11,14-19H2,1H3,(H,24,26). The fourth-order valence-electron chi connectivity index (χ4n) is 3.36. The summed E-state index contributed by atoms with van der Waals surface area (Å²) >= 11 is 0. The first kappa shape index (κ1) is 20.6. The van der Waals surface area contributed by atoms with Gasteiger partial charge in [0.1, 0.15) is 0 Å². The van der Waals surface area contributed by atoms with Gasteiger partial charge >= 0.3 is 0 Å². The topological polar surface area (TPSA) is 44.7 Å². The van der Waals surface area contributed by atoms with Crippen LogP contribution in [0.1, 0.15) is 76.7 Å². The van der Waals surface area contributed by atoms with Crippen molar-refractivity contribution in [2.45, 2.75) is 77.7 Å². The highest BCUT2D eigenvalue weighted by Gasteiger charge is 2.15. The molecule has 144 valence electrons. The van der Waals surface area contributed by atoms with Crippen LogP contribution in [0, 0.1) is 0 Å². The van der Waals surface area contributed by atoms with Crippen LogP contribution in [-0.4, -0.2) is 29.6 Å². The molecule has 4 heteroatoms. The molecule has 1 aliphatic rings. The molecule has 26 heavy (non-hydrogen) atoms. The van der Waals surface area contributed by atoms with E-state index in [1.807, 2.05) is 0 Å². The second-order valence-electron chi connectivity index (χ2n) is 7.35. The molecular formula is C22H35N3O. The van der Waals surface area contributed by atoms with Gasteiger partial charge in [0.2, 0.25) is 5.91 Å². The predicted octanol–water partition coefficient (Wildman–Crippen LogP) is 4.90. The van der Waals surface area contributed by atoms with Gasteiger partial charge in [-0.2, -0.15) is 5.10 Å². The summed E-state index contributed by atoms with van der Waals surface area (Å²) in [6, 6.07) is 10.6. The lowest BCUT2D eigenvalue weighted by Gasteiger charge is -2.27. The van der Waals surface area contributed by atoms with Crippen molar-refractivity contribution in [3.63, 3.8) is 0 Å². The van der Waals surface area contributed by atoms with Gasteiger partial charge in [-0.3, -0.25) is 9.69 Å². The van der Waals surface area contributed by atoms with E-state index in [0.29, 0.717) is 6.42 Å². The molecule has 1 saturated heterocycles. The summed E-state index contributed by atoms with van der Waals surface area (Å²) in [6.45, 7) is 5.26. The molecule has 0 atom stereocenters. The molecule has 1 N–H and O–H groups in total. The average Bonchev–Trinajstić information content (AvgIpc) is 2.67. The first-order valence-electron chi connectivity index (χ1n) is 10.4. The molecule has 1 fully saturated rings. The third kappa shape index (κ3) is 8.61. The summed E-state index contributed by atoms with van der Waals surface area (Å²) in [5.74, 6) is 0.0674. The van der Waals surface area contributed by atoms with Crippen molar-refractivity contribution in [1.29, 1.82) is 0 Å². The number of unbranched alkanes of at least 4 members (excludes halogenated alkanes) is 6. The zero-order chi connectivity index (χ0) is 18.5. The highest BCUT2D eigenvalue weighted by molar-refractivity contribution is 5.87.